The molecule has 0 N–H and O–H groups in total. The molecular weight excluding hydrogens is 284 g/mol. The van der Waals surface area contributed by atoms with E-state index in [1.54, 1.807) is 0 Å². The maximum atomic E-state index is 4.79. The van der Waals surface area contributed by atoms with Gasteiger partial charge in [-0.05, 0) is 50.2 Å². The fourth-order valence-electron chi connectivity index (χ4n) is 3.54. The van der Waals surface area contributed by atoms with E-state index >= 15 is 0 Å². The van der Waals surface area contributed by atoms with E-state index in [1.165, 1.54) is 24.1 Å². The van der Waals surface area contributed by atoms with Crippen LogP contribution in [0.25, 0.3) is 11.0 Å². The molecule has 4 rings (SSSR count). The second-order valence-corrected chi connectivity index (χ2v) is 6.38. The van der Waals surface area contributed by atoms with Crippen LogP contribution in [0.5, 0.6) is 0 Å². The summed E-state index contributed by atoms with van der Waals surface area (Å²) in [6.07, 6.45) is 4.27. The predicted octanol–water partition coefficient (Wildman–Crippen LogP) is 3.35. The van der Waals surface area contributed by atoms with Crippen LogP contribution >= 0.6 is 0 Å². The summed E-state index contributed by atoms with van der Waals surface area (Å²) in [7, 11) is 2.12. The summed E-state index contributed by atoms with van der Waals surface area (Å²) in [5, 5.41) is 0. The number of para-hydroxylation sites is 2. The van der Waals surface area contributed by atoms with Crippen molar-refractivity contribution in [2.24, 2.45) is 7.05 Å². The van der Waals surface area contributed by atoms with Crippen LogP contribution in [-0.2, 0) is 13.6 Å². The number of likely N-dealkylation sites (tertiary alicyclic amines) is 1. The Balaban J connectivity index is 1.43. The second-order valence-electron chi connectivity index (χ2n) is 6.38. The van der Waals surface area contributed by atoms with Crippen molar-refractivity contribution in [3.63, 3.8) is 0 Å². The van der Waals surface area contributed by atoms with E-state index in [9.17, 15) is 0 Å². The van der Waals surface area contributed by atoms with Crippen LogP contribution < -0.4 is 0 Å². The minimum atomic E-state index is 0.605. The Morgan fingerprint density at radius 1 is 1.04 bits per heavy atom. The third kappa shape index (κ3) is 2.86. The Labute approximate surface area is 136 Å². The minimum absolute atomic E-state index is 0.605. The Morgan fingerprint density at radius 2 is 1.83 bits per heavy atom. The van der Waals surface area contributed by atoms with Crippen molar-refractivity contribution in [2.75, 3.05) is 13.1 Å². The monoisotopic (exact) mass is 306 g/mol. The van der Waals surface area contributed by atoms with Gasteiger partial charge in [-0.1, -0.05) is 18.2 Å². The van der Waals surface area contributed by atoms with Crippen LogP contribution in [0.2, 0.25) is 0 Å². The molecule has 1 saturated heterocycles. The SMILES string of the molecule is Cn1c(CN2CCC(c3ccccn3)CC2)nc2ccccc21. The van der Waals surface area contributed by atoms with E-state index in [2.05, 4.69) is 57.9 Å². The maximum absolute atomic E-state index is 4.79. The van der Waals surface area contributed by atoms with E-state index < -0.39 is 0 Å². The van der Waals surface area contributed by atoms with Gasteiger partial charge in [-0.2, -0.15) is 0 Å². The number of rotatable bonds is 3. The highest BCUT2D eigenvalue weighted by atomic mass is 15.2. The topological polar surface area (TPSA) is 34.0 Å². The van der Waals surface area contributed by atoms with E-state index in [0.717, 1.165) is 31.0 Å². The Morgan fingerprint density at radius 3 is 2.57 bits per heavy atom. The first-order valence-electron chi connectivity index (χ1n) is 8.35. The number of nitrogens with zero attached hydrogens (tertiary/aromatic N) is 4. The number of hydrogen-bond acceptors (Lipinski definition) is 3. The minimum Gasteiger partial charge on any atom is -0.330 e. The number of hydrogen-bond donors (Lipinski definition) is 0. The van der Waals surface area contributed by atoms with Gasteiger partial charge in [-0.15, -0.1) is 0 Å². The van der Waals surface area contributed by atoms with Gasteiger partial charge in [-0.3, -0.25) is 9.88 Å². The zero-order chi connectivity index (χ0) is 15.6. The number of fused-ring (bicyclic) bond motifs is 1. The zero-order valence-electron chi connectivity index (χ0n) is 13.5. The van der Waals surface area contributed by atoms with Crippen molar-refractivity contribution < 1.29 is 0 Å². The van der Waals surface area contributed by atoms with Crippen molar-refractivity contribution >= 4 is 11.0 Å². The molecule has 23 heavy (non-hydrogen) atoms. The molecule has 1 fully saturated rings. The molecule has 0 amide bonds. The molecule has 0 saturated carbocycles. The highest BCUT2D eigenvalue weighted by Gasteiger charge is 2.22. The van der Waals surface area contributed by atoms with Crippen LogP contribution in [0.1, 0.15) is 30.3 Å². The second kappa shape index (κ2) is 6.13. The Bertz CT molecular complexity index is 785. The van der Waals surface area contributed by atoms with Crippen molar-refractivity contribution in [1.82, 2.24) is 19.4 Å². The molecule has 4 heteroatoms. The number of imidazole rings is 1. The summed E-state index contributed by atoms with van der Waals surface area (Å²) in [6, 6.07) is 14.6. The molecule has 1 aliphatic heterocycles. The van der Waals surface area contributed by atoms with Gasteiger partial charge in [0, 0.05) is 24.9 Å². The van der Waals surface area contributed by atoms with Gasteiger partial charge >= 0.3 is 0 Å². The average molecular weight is 306 g/mol. The molecular formula is C19H22N4. The van der Waals surface area contributed by atoms with E-state index in [-0.39, 0.29) is 0 Å². The summed E-state index contributed by atoms with van der Waals surface area (Å²) < 4.78 is 2.22. The third-order valence-corrected chi connectivity index (χ3v) is 4.94. The lowest BCUT2D eigenvalue weighted by Crippen LogP contribution is -2.33. The molecule has 0 unspecified atom stereocenters. The summed E-state index contributed by atoms with van der Waals surface area (Å²) >= 11 is 0. The molecule has 0 bridgehead atoms. The largest absolute Gasteiger partial charge is 0.330 e. The number of pyridine rings is 1. The first-order chi connectivity index (χ1) is 11.3. The molecule has 118 valence electrons. The van der Waals surface area contributed by atoms with Crippen LogP contribution in [0.3, 0.4) is 0 Å². The van der Waals surface area contributed by atoms with Crippen molar-refractivity contribution in [2.45, 2.75) is 25.3 Å². The van der Waals surface area contributed by atoms with E-state index in [0.29, 0.717) is 5.92 Å². The quantitative estimate of drug-likeness (QED) is 0.744. The standard InChI is InChI=1S/C19H22N4/c1-22-18-8-3-2-7-17(18)21-19(22)14-23-12-9-15(10-13-23)16-6-4-5-11-20-16/h2-8,11,15H,9-10,12-14H2,1H3. The molecule has 0 atom stereocenters. The highest BCUT2D eigenvalue weighted by Crippen LogP contribution is 2.27. The molecule has 1 aromatic carbocycles. The number of benzene rings is 1. The molecule has 0 aliphatic carbocycles. The molecule has 0 radical (unpaired) electrons. The van der Waals surface area contributed by atoms with Gasteiger partial charge < -0.3 is 4.57 Å². The lowest BCUT2D eigenvalue weighted by atomic mass is 9.93. The Hall–Kier alpha value is -2.20. The van der Waals surface area contributed by atoms with Crippen LogP contribution in [0.4, 0.5) is 0 Å². The van der Waals surface area contributed by atoms with Gasteiger partial charge in [0.05, 0.1) is 17.6 Å². The van der Waals surface area contributed by atoms with Gasteiger partial charge in [0.1, 0.15) is 5.82 Å². The number of piperidine rings is 1. The normalized spacial score (nSPS) is 16.9. The average Bonchev–Trinajstić information content (AvgIpc) is 2.93. The summed E-state index contributed by atoms with van der Waals surface area (Å²) in [4.78, 5) is 11.8. The molecule has 3 heterocycles. The van der Waals surface area contributed by atoms with Gasteiger partial charge in [0.15, 0.2) is 0 Å². The van der Waals surface area contributed by atoms with Gasteiger partial charge in [0.25, 0.3) is 0 Å². The lowest BCUT2D eigenvalue weighted by Gasteiger charge is -2.31. The smallest absolute Gasteiger partial charge is 0.123 e. The fourth-order valence-corrected chi connectivity index (χ4v) is 3.54. The summed E-state index contributed by atoms with van der Waals surface area (Å²) in [6.45, 7) is 3.16. The fraction of sp³-hybridized carbons (Fsp3) is 0.368. The van der Waals surface area contributed by atoms with Crippen molar-refractivity contribution in [3.05, 3.63) is 60.2 Å². The van der Waals surface area contributed by atoms with Crippen LogP contribution in [0.15, 0.2) is 48.7 Å². The third-order valence-electron chi connectivity index (χ3n) is 4.94. The maximum Gasteiger partial charge on any atom is 0.123 e. The molecule has 3 aromatic rings. The predicted molar refractivity (Wildman–Crippen MR) is 92.2 cm³/mol. The van der Waals surface area contributed by atoms with Crippen molar-refractivity contribution in [1.29, 1.82) is 0 Å². The van der Waals surface area contributed by atoms with Gasteiger partial charge in [0.2, 0.25) is 0 Å². The molecule has 0 spiro atoms. The molecule has 1 aliphatic rings. The summed E-state index contributed by atoms with van der Waals surface area (Å²) in [5.41, 5.74) is 3.55. The zero-order valence-corrected chi connectivity index (χ0v) is 13.5. The highest BCUT2D eigenvalue weighted by molar-refractivity contribution is 5.75. The lowest BCUT2D eigenvalue weighted by molar-refractivity contribution is 0.197. The van der Waals surface area contributed by atoms with Gasteiger partial charge in [-0.25, -0.2) is 4.98 Å². The number of aromatic nitrogens is 3. The molecule has 2 aromatic heterocycles. The Kier molecular flexibility index (Phi) is 3.83. The summed E-state index contributed by atoms with van der Waals surface area (Å²) in [5.74, 6) is 1.76. The van der Waals surface area contributed by atoms with Crippen molar-refractivity contribution in [3.8, 4) is 0 Å². The first-order valence-corrected chi connectivity index (χ1v) is 8.35. The van der Waals surface area contributed by atoms with E-state index in [4.69, 9.17) is 4.98 Å². The van der Waals surface area contributed by atoms with Crippen LogP contribution in [-0.4, -0.2) is 32.5 Å². The first kappa shape index (κ1) is 14.4. The number of aryl methyl sites for hydroxylation is 1. The van der Waals surface area contributed by atoms with Crippen LogP contribution in [0, 0.1) is 0 Å². The van der Waals surface area contributed by atoms with E-state index in [1.807, 2.05) is 12.3 Å². The molecule has 4 nitrogen and oxygen atoms in total.